The van der Waals surface area contributed by atoms with E-state index < -0.39 is 5.60 Å². The summed E-state index contributed by atoms with van der Waals surface area (Å²) in [6, 6.07) is 1.54. The summed E-state index contributed by atoms with van der Waals surface area (Å²) in [7, 11) is 0. The van der Waals surface area contributed by atoms with Crippen LogP contribution >= 0.6 is 0 Å². The number of aromatic amines is 2. The Morgan fingerprint density at radius 3 is 3.00 bits per heavy atom. The number of aliphatic hydroxyl groups is 1. The number of hydrogen-bond acceptors (Lipinski definition) is 6. The molecule has 28 heavy (non-hydrogen) atoms. The SMILES string of the molecule is O=C(NCC1(O)COCCN(C(=O)c2n[nH]c3c2CCCC3)C1)c1ccn[nH]1. The Bertz CT molecular complexity index is 848. The normalized spacial score (nSPS) is 22.4. The number of hydrogen-bond donors (Lipinski definition) is 4. The highest BCUT2D eigenvalue weighted by atomic mass is 16.5. The molecule has 10 nitrogen and oxygen atoms in total. The third-order valence-electron chi connectivity index (χ3n) is 5.23. The fraction of sp³-hybridized carbons (Fsp3) is 0.556. The van der Waals surface area contributed by atoms with Crippen molar-refractivity contribution in [1.29, 1.82) is 0 Å². The van der Waals surface area contributed by atoms with Gasteiger partial charge in [0.15, 0.2) is 5.69 Å². The lowest BCUT2D eigenvalue weighted by Crippen LogP contribution is -2.53. The third-order valence-corrected chi connectivity index (χ3v) is 5.23. The lowest BCUT2D eigenvalue weighted by Gasteiger charge is -2.30. The van der Waals surface area contributed by atoms with E-state index in [1.165, 1.54) is 6.20 Å². The number of nitrogens with one attached hydrogen (secondary N) is 3. The molecular weight excluding hydrogens is 364 g/mol. The number of carbonyl (C=O) groups is 2. The molecule has 10 heteroatoms. The van der Waals surface area contributed by atoms with Gasteiger partial charge >= 0.3 is 0 Å². The van der Waals surface area contributed by atoms with Crippen molar-refractivity contribution in [3.05, 3.63) is 34.9 Å². The van der Waals surface area contributed by atoms with E-state index in [9.17, 15) is 14.7 Å². The summed E-state index contributed by atoms with van der Waals surface area (Å²) in [5.41, 5.74) is 1.35. The Morgan fingerprint density at radius 2 is 2.18 bits per heavy atom. The van der Waals surface area contributed by atoms with Crippen molar-refractivity contribution in [2.24, 2.45) is 0 Å². The maximum Gasteiger partial charge on any atom is 0.274 e. The molecule has 0 saturated carbocycles. The molecule has 1 fully saturated rings. The number of amides is 2. The Morgan fingerprint density at radius 1 is 1.32 bits per heavy atom. The van der Waals surface area contributed by atoms with Crippen LogP contribution in [-0.2, 0) is 17.6 Å². The molecule has 1 aliphatic heterocycles. The first-order chi connectivity index (χ1) is 13.6. The van der Waals surface area contributed by atoms with Crippen molar-refractivity contribution >= 4 is 11.8 Å². The molecule has 2 aromatic rings. The lowest BCUT2D eigenvalue weighted by molar-refractivity contribution is -0.0324. The lowest BCUT2D eigenvalue weighted by atomic mass is 9.95. The van der Waals surface area contributed by atoms with Crippen molar-refractivity contribution in [3.8, 4) is 0 Å². The van der Waals surface area contributed by atoms with Gasteiger partial charge < -0.3 is 20.1 Å². The monoisotopic (exact) mass is 388 g/mol. The van der Waals surface area contributed by atoms with E-state index in [0.717, 1.165) is 36.9 Å². The first-order valence-electron chi connectivity index (χ1n) is 9.49. The van der Waals surface area contributed by atoms with E-state index in [1.54, 1.807) is 11.0 Å². The molecule has 1 aliphatic carbocycles. The molecule has 0 spiro atoms. The molecule has 3 heterocycles. The molecule has 1 saturated heterocycles. The number of rotatable bonds is 4. The van der Waals surface area contributed by atoms with Crippen LogP contribution < -0.4 is 5.32 Å². The highest BCUT2D eigenvalue weighted by Crippen LogP contribution is 2.24. The summed E-state index contributed by atoms with van der Waals surface area (Å²) in [6.45, 7) is 0.704. The number of ether oxygens (including phenoxy) is 1. The second-order valence-corrected chi connectivity index (χ2v) is 7.39. The fourth-order valence-corrected chi connectivity index (χ4v) is 3.73. The summed E-state index contributed by atoms with van der Waals surface area (Å²) in [5.74, 6) is -0.599. The maximum atomic E-state index is 13.1. The van der Waals surface area contributed by atoms with Gasteiger partial charge in [-0.3, -0.25) is 19.8 Å². The number of aryl methyl sites for hydroxylation is 1. The van der Waals surface area contributed by atoms with Gasteiger partial charge in [-0.1, -0.05) is 0 Å². The summed E-state index contributed by atoms with van der Waals surface area (Å²) < 4.78 is 5.50. The van der Waals surface area contributed by atoms with E-state index >= 15 is 0 Å². The molecule has 150 valence electrons. The Balaban J connectivity index is 1.45. The van der Waals surface area contributed by atoms with E-state index in [4.69, 9.17) is 4.74 Å². The Kier molecular flexibility index (Phi) is 5.14. The van der Waals surface area contributed by atoms with Crippen molar-refractivity contribution in [1.82, 2.24) is 30.6 Å². The Hall–Kier alpha value is -2.72. The first-order valence-corrected chi connectivity index (χ1v) is 9.49. The van der Waals surface area contributed by atoms with Gasteiger partial charge in [0.1, 0.15) is 11.3 Å². The Labute approximate surface area is 161 Å². The average molecular weight is 388 g/mol. The second-order valence-electron chi connectivity index (χ2n) is 7.39. The number of nitrogens with zero attached hydrogens (tertiary/aromatic N) is 3. The van der Waals surface area contributed by atoms with Crippen LogP contribution in [0.25, 0.3) is 0 Å². The molecule has 2 amide bonds. The molecule has 2 aliphatic rings. The van der Waals surface area contributed by atoms with Crippen LogP contribution in [-0.4, -0.2) is 80.7 Å². The predicted molar refractivity (Wildman–Crippen MR) is 97.8 cm³/mol. The average Bonchev–Trinajstić information content (AvgIpc) is 3.34. The summed E-state index contributed by atoms with van der Waals surface area (Å²) in [6.07, 6.45) is 5.35. The van der Waals surface area contributed by atoms with Crippen LogP contribution in [0.3, 0.4) is 0 Å². The molecular formula is C18H24N6O4. The van der Waals surface area contributed by atoms with Gasteiger partial charge in [-0.05, 0) is 31.7 Å². The quantitative estimate of drug-likeness (QED) is 0.565. The highest BCUT2D eigenvalue weighted by Gasteiger charge is 2.36. The largest absolute Gasteiger partial charge is 0.384 e. The molecule has 0 aromatic carbocycles. The highest BCUT2D eigenvalue weighted by molar-refractivity contribution is 5.94. The molecule has 4 N–H and O–H groups in total. The minimum Gasteiger partial charge on any atom is -0.384 e. The smallest absolute Gasteiger partial charge is 0.274 e. The van der Waals surface area contributed by atoms with E-state index in [1.807, 2.05) is 0 Å². The van der Waals surface area contributed by atoms with Crippen LogP contribution in [0.1, 0.15) is 45.1 Å². The van der Waals surface area contributed by atoms with E-state index in [-0.39, 0.29) is 31.5 Å². The van der Waals surface area contributed by atoms with E-state index in [0.29, 0.717) is 24.5 Å². The second kappa shape index (κ2) is 7.72. The van der Waals surface area contributed by atoms with Crippen molar-refractivity contribution in [2.45, 2.75) is 31.3 Å². The van der Waals surface area contributed by atoms with Crippen LogP contribution in [0.2, 0.25) is 0 Å². The molecule has 4 rings (SSSR count). The van der Waals surface area contributed by atoms with Gasteiger partial charge in [0.25, 0.3) is 11.8 Å². The van der Waals surface area contributed by atoms with Crippen LogP contribution in [0.5, 0.6) is 0 Å². The van der Waals surface area contributed by atoms with E-state index in [2.05, 4.69) is 25.7 Å². The molecule has 2 aromatic heterocycles. The predicted octanol–water partition coefficient (Wildman–Crippen LogP) is -0.355. The number of aromatic nitrogens is 4. The van der Waals surface area contributed by atoms with Gasteiger partial charge in [0.05, 0.1) is 26.3 Å². The molecule has 1 atom stereocenters. The fourth-order valence-electron chi connectivity index (χ4n) is 3.73. The number of β-amino-alcohol motifs (C(OH)–C–C–N with tert-alkyl or cyclic N) is 1. The minimum atomic E-state index is -1.39. The number of H-pyrrole nitrogens is 2. The van der Waals surface area contributed by atoms with Gasteiger partial charge in [0, 0.05) is 24.0 Å². The maximum absolute atomic E-state index is 13.1. The molecule has 1 unspecified atom stereocenters. The minimum absolute atomic E-state index is 0.0265. The van der Waals surface area contributed by atoms with Crippen LogP contribution in [0, 0.1) is 0 Å². The zero-order valence-electron chi connectivity index (χ0n) is 15.5. The van der Waals surface area contributed by atoms with Gasteiger partial charge in [0.2, 0.25) is 0 Å². The topological polar surface area (TPSA) is 136 Å². The van der Waals surface area contributed by atoms with Gasteiger partial charge in [-0.2, -0.15) is 10.2 Å². The summed E-state index contributed by atoms with van der Waals surface area (Å²) in [5, 5.41) is 27.2. The number of carbonyl (C=O) groups excluding carboxylic acids is 2. The first kappa shape index (κ1) is 18.6. The van der Waals surface area contributed by atoms with Gasteiger partial charge in [-0.15, -0.1) is 0 Å². The molecule has 0 radical (unpaired) electrons. The van der Waals surface area contributed by atoms with Gasteiger partial charge in [-0.25, -0.2) is 0 Å². The summed E-state index contributed by atoms with van der Waals surface area (Å²) >= 11 is 0. The number of fused-ring (bicyclic) bond motifs is 1. The van der Waals surface area contributed by atoms with Crippen molar-refractivity contribution < 1.29 is 19.4 Å². The summed E-state index contributed by atoms with van der Waals surface area (Å²) in [4.78, 5) is 26.7. The molecule has 0 bridgehead atoms. The zero-order valence-corrected chi connectivity index (χ0v) is 15.5. The standard InChI is InChI=1S/C18H24N6O4/c25-16(14-5-6-20-21-14)19-9-18(27)10-24(7-8-28-11-18)17(26)15-12-3-1-2-4-13(12)22-23-15/h5-6,27H,1-4,7-11H2,(H,19,25)(H,20,21)(H,22,23). The van der Waals surface area contributed by atoms with Crippen molar-refractivity contribution in [2.75, 3.05) is 32.8 Å². The van der Waals surface area contributed by atoms with Crippen LogP contribution in [0.4, 0.5) is 0 Å². The third kappa shape index (κ3) is 3.78. The van der Waals surface area contributed by atoms with Crippen molar-refractivity contribution in [3.63, 3.8) is 0 Å². The zero-order chi connectivity index (χ0) is 19.6. The van der Waals surface area contributed by atoms with Crippen LogP contribution in [0.15, 0.2) is 12.3 Å².